The van der Waals surface area contributed by atoms with Crippen molar-refractivity contribution in [2.24, 2.45) is 0 Å². The van der Waals surface area contributed by atoms with Gasteiger partial charge in [0.2, 0.25) is 5.91 Å². The molecule has 1 aromatic carbocycles. The Bertz CT molecular complexity index is 1340. The Balaban J connectivity index is 1.31. The number of amides is 1. The summed E-state index contributed by atoms with van der Waals surface area (Å²) in [5.74, 6) is 0.656. The maximum atomic E-state index is 12.5. The van der Waals surface area contributed by atoms with E-state index in [1.54, 1.807) is 4.90 Å². The highest BCUT2D eigenvalue weighted by Gasteiger charge is 2.35. The van der Waals surface area contributed by atoms with Gasteiger partial charge in [-0.15, -0.1) is 0 Å². The minimum atomic E-state index is -0.241. The van der Waals surface area contributed by atoms with Crippen LogP contribution in [0, 0.1) is 11.3 Å². The lowest BCUT2D eigenvalue weighted by molar-refractivity contribution is -0.128. The summed E-state index contributed by atoms with van der Waals surface area (Å²) in [6.07, 6.45) is 9.17. The van der Waals surface area contributed by atoms with Crippen LogP contribution in [0.15, 0.2) is 30.9 Å². The number of carbonyl (C=O) groups is 1. The van der Waals surface area contributed by atoms with E-state index < -0.39 is 0 Å². The quantitative estimate of drug-likeness (QED) is 0.476. The van der Waals surface area contributed by atoms with Gasteiger partial charge in [-0.1, -0.05) is 24.8 Å². The Morgan fingerprint density at radius 1 is 1.17 bits per heavy atom. The Hall–Kier alpha value is -3.48. The van der Waals surface area contributed by atoms with Crippen LogP contribution < -0.4 is 9.64 Å². The van der Waals surface area contributed by atoms with Gasteiger partial charge in [-0.3, -0.25) is 4.79 Å². The van der Waals surface area contributed by atoms with Gasteiger partial charge in [0.15, 0.2) is 0 Å². The van der Waals surface area contributed by atoms with Crippen LogP contribution in [-0.2, 0) is 35.4 Å². The van der Waals surface area contributed by atoms with Gasteiger partial charge in [-0.2, -0.15) is 15.2 Å². The van der Waals surface area contributed by atoms with E-state index in [1.165, 1.54) is 42.0 Å². The van der Waals surface area contributed by atoms with Gasteiger partial charge in [0.25, 0.3) is 0 Å². The summed E-state index contributed by atoms with van der Waals surface area (Å²) in [5, 5.41) is 9.50. The summed E-state index contributed by atoms with van der Waals surface area (Å²) in [6.45, 7) is 7.31. The molecule has 1 amide bonds. The molecule has 6 rings (SSSR count). The molecule has 216 valence electrons. The van der Waals surface area contributed by atoms with Gasteiger partial charge < -0.3 is 24.2 Å². The number of nitrogens with zero attached hydrogens (tertiary/aromatic N) is 6. The summed E-state index contributed by atoms with van der Waals surface area (Å²) in [5.41, 5.74) is 6.14. The van der Waals surface area contributed by atoms with Crippen LogP contribution in [0.5, 0.6) is 6.01 Å². The summed E-state index contributed by atoms with van der Waals surface area (Å²) in [6, 6.07) is 9.41. The molecular weight excluding hydrogens is 516 g/mol. The van der Waals surface area contributed by atoms with E-state index in [0.29, 0.717) is 51.3 Å². The zero-order valence-corrected chi connectivity index (χ0v) is 24.1. The minimum absolute atomic E-state index is 0.0551. The Morgan fingerprint density at radius 2 is 2.05 bits per heavy atom. The lowest BCUT2D eigenvalue weighted by atomic mass is 9.85. The molecule has 1 unspecified atom stereocenters. The monoisotopic (exact) mass is 556 g/mol. The lowest BCUT2D eigenvalue weighted by Crippen LogP contribution is -2.55. The smallest absolute Gasteiger partial charge is 0.318 e. The minimum Gasteiger partial charge on any atom is -0.462 e. The summed E-state index contributed by atoms with van der Waals surface area (Å²) in [4.78, 5) is 28.7. The first-order chi connectivity index (χ1) is 20.1. The highest BCUT2D eigenvalue weighted by molar-refractivity contribution is 5.87. The van der Waals surface area contributed by atoms with Crippen molar-refractivity contribution in [1.82, 2.24) is 19.8 Å². The zero-order chi connectivity index (χ0) is 28.3. The molecule has 0 N–H and O–H groups in total. The number of rotatable bonds is 7. The Morgan fingerprint density at radius 3 is 2.85 bits per heavy atom. The fourth-order valence-electron chi connectivity index (χ4n) is 6.96. The van der Waals surface area contributed by atoms with Gasteiger partial charge in [-0.25, -0.2) is 0 Å². The van der Waals surface area contributed by atoms with Crippen molar-refractivity contribution in [1.29, 1.82) is 5.26 Å². The van der Waals surface area contributed by atoms with E-state index in [9.17, 15) is 10.1 Å². The number of aromatic nitrogens is 2. The topological polar surface area (TPSA) is 94.8 Å². The van der Waals surface area contributed by atoms with Crippen molar-refractivity contribution in [3.05, 3.63) is 58.8 Å². The Kier molecular flexibility index (Phi) is 8.22. The second kappa shape index (κ2) is 12.2. The number of nitriles is 1. The average molecular weight is 557 g/mol. The maximum absolute atomic E-state index is 12.5. The van der Waals surface area contributed by atoms with Crippen molar-refractivity contribution in [2.75, 3.05) is 44.7 Å². The molecule has 1 aromatic heterocycles. The summed E-state index contributed by atoms with van der Waals surface area (Å²) >= 11 is 0. The second-order valence-electron chi connectivity index (χ2n) is 11.7. The zero-order valence-electron chi connectivity index (χ0n) is 24.1. The van der Waals surface area contributed by atoms with E-state index >= 15 is 0 Å². The molecule has 2 aromatic rings. The number of likely N-dealkylation sites (N-methyl/N-ethyl adjacent to an activating group) is 1. The first-order valence-electron chi connectivity index (χ1n) is 15.1. The molecule has 2 fully saturated rings. The van der Waals surface area contributed by atoms with Crippen LogP contribution in [0.25, 0.3) is 0 Å². The highest BCUT2D eigenvalue weighted by Crippen LogP contribution is 2.38. The van der Waals surface area contributed by atoms with Crippen LogP contribution in [0.2, 0.25) is 0 Å². The van der Waals surface area contributed by atoms with Crippen LogP contribution in [0.4, 0.5) is 5.82 Å². The number of hydrogen-bond acceptors (Lipinski definition) is 8. The van der Waals surface area contributed by atoms with E-state index in [0.717, 1.165) is 42.9 Å². The van der Waals surface area contributed by atoms with E-state index in [-0.39, 0.29) is 24.5 Å². The van der Waals surface area contributed by atoms with Crippen molar-refractivity contribution >= 4 is 11.7 Å². The molecule has 0 radical (unpaired) electrons. The molecule has 9 heteroatoms. The molecule has 1 aliphatic carbocycles. The molecule has 0 bridgehead atoms. The largest absolute Gasteiger partial charge is 0.462 e. The number of fused-ring (bicyclic) bond motifs is 2. The van der Waals surface area contributed by atoms with Gasteiger partial charge in [0, 0.05) is 37.7 Å². The van der Waals surface area contributed by atoms with Crippen LogP contribution in [-0.4, -0.2) is 77.6 Å². The van der Waals surface area contributed by atoms with Gasteiger partial charge in [0.05, 0.1) is 36.9 Å². The number of likely N-dealkylation sites (tertiary alicyclic amines) is 1. The summed E-state index contributed by atoms with van der Waals surface area (Å²) in [7, 11) is 2.14. The van der Waals surface area contributed by atoms with Gasteiger partial charge >= 0.3 is 6.01 Å². The lowest BCUT2D eigenvalue weighted by Gasteiger charge is -2.42. The van der Waals surface area contributed by atoms with Crippen molar-refractivity contribution < 1.29 is 14.3 Å². The summed E-state index contributed by atoms with van der Waals surface area (Å²) < 4.78 is 12.8. The van der Waals surface area contributed by atoms with Crippen molar-refractivity contribution in [2.45, 2.75) is 76.2 Å². The molecular formula is C32H40N6O3. The molecule has 0 saturated carbocycles. The van der Waals surface area contributed by atoms with E-state index in [4.69, 9.17) is 19.4 Å². The number of piperazine rings is 1. The predicted molar refractivity (Wildman–Crippen MR) is 156 cm³/mol. The number of aryl methyl sites for hydroxylation is 1. The Labute approximate surface area is 242 Å². The number of anilines is 1. The normalized spacial score (nSPS) is 24.3. The molecule has 4 aliphatic rings. The standard InChI is InChI=1S/C32H40N6O3/c1-3-30(39)38-17-16-37(19-23(38)13-14-33)31-27-21-40-29(26-12-6-9-22-8-4-5-11-25(22)26)18-28(27)34-32(35-31)41-20-24-10-7-15-36(24)2/h3,6,9,12,23-24,29H,1,4-5,7-8,10-11,13,15-21H2,2H3/t23-,24-,29?/m0/s1. The van der Waals surface area contributed by atoms with Crippen LogP contribution >= 0.6 is 0 Å². The average Bonchev–Trinajstić information content (AvgIpc) is 3.43. The third-order valence-electron chi connectivity index (χ3n) is 9.28. The first-order valence-corrected chi connectivity index (χ1v) is 15.1. The van der Waals surface area contributed by atoms with E-state index in [1.807, 2.05) is 0 Å². The fourth-order valence-corrected chi connectivity index (χ4v) is 6.96. The number of benzene rings is 1. The molecule has 41 heavy (non-hydrogen) atoms. The van der Waals surface area contributed by atoms with E-state index in [2.05, 4.69) is 47.7 Å². The highest BCUT2D eigenvalue weighted by atomic mass is 16.5. The third-order valence-corrected chi connectivity index (χ3v) is 9.28. The van der Waals surface area contributed by atoms with Crippen LogP contribution in [0.1, 0.15) is 66.2 Å². The fraction of sp³-hybridized carbons (Fsp3) is 0.562. The molecule has 2 saturated heterocycles. The van der Waals surface area contributed by atoms with Gasteiger partial charge in [-0.05, 0) is 74.9 Å². The van der Waals surface area contributed by atoms with Gasteiger partial charge in [0.1, 0.15) is 12.4 Å². The van der Waals surface area contributed by atoms with Crippen molar-refractivity contribution in [3.63, 3.8) is 0 Å². The molecule has 0 spiro atoms. The number of carbonyl (C=O) groups excluding carboxylic acids is 1. The third kappa shape index (κ3) is 5.68. The van der Waals surface area contributed by atoms with Crippen molar-refractivity contribution in [3.8, 4) is 12.1 Å². The molecule has 3 atom stereocenters. The SMILES string of the molecule is C=CC(=O)N1CCN(c2nc(OC[C@@H]3CCCN3C)nc3c2COC(c2cccc4c2CCCC4)C3)C[C@@H]1CC#N. The molecule has 9 nitrogen and oxygen atoms in total. The number of ether oxygens (including phenoxy) is 2. The second-order valence-corrected chi connectivity index (χ2v) is 11.7. The molecule has 3 aliphatic heterocycles. The maximum Gasteiger partial charge on any atom is 0.318 e. The molecule has 4 heterocycles. The van der Waals surface area contributed by atoms with Crippen LogP contribution in [0.3, 0.4) is 0 Å². The number of hydrogen-bond donors (Lipinski definition) is 0. The predicted octanol–water partition coefficient (Wildman–Crippen LogP) is 3.76. The first kappa shape index (κ1) is 27.7.